The molecule has 1 aromatic rings. The number of anilines is 1. The van der Waals surface area contributed by atoms with E-state index in [0.29, 0.717) is 11.6 Å². The summed E-state index contributed by atoms with van der Waals surface area (Å²) in [7, 11) is 1.52. The van der Waals surface area contributed by atoms with Crippen molar-refractivity contribution in [3.8, 4) is 0 Å². The van der Waals surface area contributed by atoms with Crippen LogP contribution in [0.25, 0.3) is 0 Å². The average molecular weight is 240 g/mol. The molecular formula is C11H20N4O2. The molecule has 2 N–H and O–H groups in total. The smallest absolute Gasteiger partial charge is 0.243 e. The van der Waals surface area contributed by atoms with Gasteiger partial charge < -0.3 is 15.2 Å². The summed E-state index contributed by atoms with van der Waals surface area (Å²) in [6.45, 7) is 6.36. The van der Waals surface area contributed by atoms with E-state index in [1.807, 2.05) is 0 Å². The van der Waals surface area contributed by atoms with Crippen molar-refractivity contribution < 1.29 is 9.84 Å². The van der Waals surface area contributed by atoms with Crippen molar-refractivity contribution in [1.82, 2.24) is 15.2 Å². The molecule has 0 amide bonds. The molecule has 6 nitrogen and oxygen atoms in total. The number of aliphatic hydroxyl groups is 1. The van der Waals surface area contributed by atoms with E-state index in [2.05, 4.69) is 41.3 Å². The molecule has 0 aromatic carbocycles. The Labute approximate surface area is 101 Å². The van der Waals surface area contributed by atoms with Gasteiger partial charge in [0.2, 0.25) is 5.95 Å². The molecule has 1 heterocycles. The molecule has 1 atom stereocenters. The van der Waals surface area contributed by atoms with Gasteiger partial charge in [-0.05, 0) is 20.3 Å². The normalized spacial score (nSPS) is 13.5. The van der Waals surface area contributed by atoms with Gasteiger partial charge in [-0.1, -0.05) is 6.92 Å². The maximum absolute atomic E-state index is 9.72. The highest BCUT2D eigenvalue weighted by Gasteiger charge is 2.17. The van der Waals surface area contributed by atoms with Gasteiger partial charge in [0.15, 0.2) is 0 Å². The molecule has 96 valence electrons. The third-order valence-electron chi connectivity index (χ3n) is 2.58. The first-order valence-electron chi connectivity index (χ1n) is 5.63. The summed E-state index contributed by atoms with van der Waals surface area (Å²) < 4.78 is 4.86. The van der Waals surface area contributed by atoms with Crippen molar-refractivity contribution in [3.63, 3.8) is 0 Å². The highest BCUT2D eigenvalue weighted by molar-refractivity contribution is 5.27. The summed E-state index contributed by atoms with van der Waals surface area (Å²) in [5.74, 6) is 0.421. The van der Waals surface area contributed by atoms with Crippen molar-refractivity contribution in [2.45, 2.75) is 38.8 Å². The Morgan fingerprint density at radius 1 is 1.53 bits per heavy atom. The summed E-state index contributed by atoms with van der Waals surface area (Å²) in [5, 5.41) is 20.6. The van der Waals surface area contributed by atoms with Crippen LogP contribution in [0.1, 0.15) is 39.0 Å². The van der Waals surface area contributed by atoms with Crippen LogP contribution in [0.4, 0.5) is 5.95 Å². The second-order valence-corrected chi connectivity index (χ2v) is 4.54. The van der Waals surface area contributed by atoms with E-state index in [4.69, 9.17) is 4.74 Å². The third kappa shape index (κ3) is 4.24. The van der Waals surface area contributed by atoms with E-state index in [9.17, 15) is 5.11 Å². The quantitative estimate of drug-likeness (QED) is 0.776. The Morgan fingerprint density at radius 2 is 2.24 bits per heavy atom. The number of nitrogens with one attached hydrogen (secondary N) is 1. The molecule has 1 unspecified atom stereocenters. The Balaban J connectivity index is 2.79. The van der Waals surface area contributed by atoms with Crippen LogP contribution in [-0.4, -0.2) is 39.5 Å². The predicted octanol–water partition coefficient (Wildman–Crippen LogP) is 1.15. The van der Waals surface area contributed by atoms with Crippen LogP contribution >= 0.6 is 0 Å². The summed E-state index contributed by atoms with van der Waals surface area (Å²) in [5.41, 5.74) is 0.350. The number of rotatable bonds is 6. The molecule has 17 heavy (non-hydrogen) atoms. The lowest BCUT2D eigenvalue weighted by molar-refractivity contribution is 0.0614. The van der Waals surface area contributed by atoms with Crippen molar-refractivity contribution in [2.75, 3.05) is 19.0 Å². The first-order valence-corrected chi connectivity index (χ1v) is 5.63. The summed E-state index contributed by atoms with van der Waals surface area (Å²) in [4.78, 5) is 4.21. The molecular weight excluding hydrogens is 220 g/mol. The van der Waals surface area contributed by atoms with E-state index in [1.165, 1.54) is 13.3 Å². The molecule has 6 heteroatoms. The van der Waals surface area contributed by atoms with E-state index in [0.717, 1.165) is 6.42 Å². The topological polar surface area (TPSA) is 80.2 Å². The number of hydrogen-bond donors (Lipinski definition) is 2. The third-order valence-corrected chi connectivity index (χ3v) is 2.58. The van der Waals surface area contributed by atoms with Gasteiger partial charge in [0, 0.05) is 12.6 Å². The highest BCUT2D eigenvalue weighted by atomic mass is 16.5. The molecule has 0 fully saturated rings. The van der Waals surface area contributed by atoms with Crippen LogP contribution in [0.5, 0.6) is 0 Å². The predicted molar refractivity (Wildman–Crippen MR) is 64.7 cm³/mol. The SMILES string of the molecule is CCC(C)(C)Nc1nncc(C(O)COC)n1. The molecule has 0 saturated heterocycles. The Kier molecular flexibility index (Phi) is 4.77. The molecule has 0 spiro atoms. The van der Waals surface area contributed by atoms with E-state index in [1.54, 1.807) is 0 Å². The standard InChI is InChI=1S/C11H20N4O2/c1-5-11(2,3)14-10-13-8(6-12-15-10)9(16)7-17-4/h6,9,16H,5,7H2,1-4H3,(H,13,14,15). The minimum Gasteiger partial charge on any atom is -0.384 e. The zero-order valence-electron chi connectivity index (χ0n) is 10.8. The fourth-order valence-corrected chi connectivity index (χ4v) is 1.16. The van der Waals surface area contributed by atoms with Gasteiger partial charge in [-0.2, -0.15) is 5.10 Å². The van der Waals surface area contributed by atoms with E-state index < -0.39 is 6.10 Å². The van der Waals surface area contributed by atoms with Gasteiger partial charge in [-0.25, -0.2) is 4.98 Å². The molecule has 0 aliphatic heterocycles. The molecule has 0 radical (unpaired) electrons. The van der Waals surface area contributed by atoms with Gasteiger partial charge in [0.05, 0.1) is 18.5 Å². The van der Waals surface area contributed by atoms with Gasteiger partial charge in [-0.3, -0.25) is 0 Å². The second-order valence-electron chi connectivity index (χ2n) is 4.54. The fraction of sp³-hybridized carbons (Fsp3) is 0.727. The van der Waals surface area contributed by atoms with Gasteiger partial charge in [0.25, 0.3) is 0 Å². The number of aromatic nitrogens is 3. The fourth-order valence-electron chi connectivity index (χ4n) is 1.16. The summed E-state index contributed by atoms with van der Waals surface area (Å²) in [6.07, 6.45) is 1.59. The largest absolute Gasteiger partial charge is 0.384 e. The van der Waals surface area contributed by atoms with Crippen molar-refractivity contribution >= 4 is 5.95 Å². The van der Waals surface area contributed by atoms with Crippen molar-refractivity contribution in [3.05, 3.63) is 11.9 Å². The van der Waals surface area contributed by atoms with E-state index in [-0.39, 0.29) is 12.1 Å². The molecule has 1 aromatic heterocycles. The Hall–Kier alpha value is -1.27. The van der Waals surface area contributed by atoms with Crippen molar-refractivity contribution in [1.29, 1.82) is 0 Å². The van der Waals surface area contributed by atoms with Crippen LogP contribution in [-0.2, 0) is 4.74 Å². The number of hydrogen-bond acceptors (Lipinski definition) is 6. The van der Waals surface area contributed by atoms with Crippen LogP contribution in [0, 0.1) is 0 Å². The lowest BCUT2D eigenvalue weighted by atomic mass is 10.0. The monoisotopic (exact) mass is 240 g/mol. The Bertz CT molecular complexity index is 357. The molecule has 0 aliphatic rings. The minimum absolute atomic E-state index is 0.105. The summed E-state index contributed by atoms with van der Waals surface area (Å²) in [6, 6.07) is 0. The van der Waals surface area contributed by atoms with Crippen molar-refractivity contribution in [2.24, 2.45) is 0 Å². The number of methoxy groups -OCH3 is 1. The first kappa shape index (κ1) is 13.8. The minimum atomic E-state index is -0.777. The van der Waals surface area contributed by atoms with Gasteiger partial charge >= 0.3 is 0 Å². The van der Waals surface area contributed by atoms with Crippen LogP contribution in [0.2, 0.25) is 0 Å². The molecule has 1 rings (SSSR count). The van der Waals surface area contributed by atoms with E-state index >= 15 is 0 Å². The number of ether oxygens (including phenoxy) is 1. The summed E-state index contributed by atoms with van der Waals surface area (Å²) >= 11 is 0. The zero-order valence-corrected chi connectivity index (χ0v) is 10.8. The number of aliphatic hydroxyl groups excluding tert-OH is 1. The van der Waals surface area contributed by atoms with Gasteiger partial charge in [-0.15, -0.1) is 5.10 Å². The highest BCUT2D eigenvalue weighted by Crippen LogP contribution is 2.15. The second kappa shape index (κ2) is 5.88. The lowest BCUT2D eigenvalue weighted by Crippen LogP contribution is -2.31. The van der Waals surface area contributed by atoms with Crippen LogP contribution in [0.3, 0.4) is 0 Å². The van der Waals surface area contributed by atoms with Crippen LogP contribution in [0.15, 0.2) is 6.20 Å². The zero-order chi connectivity index (χ0) is 12.9. The number of nitrogens with zero attached hydrogens (tertiary/aromatic N) is 3. The molecule has 0 aliphatic carbocycles. The first-order chi connectivity index (χ1) is 7.98. The average Bonchev–Trinajstić information content (AvgIpc) is 2.29. The van der Waals surface area contributed by atoms with Gasteiger partial charge in [0.1, 0.15) is 6.10 Å². The molecule has 0 saturated carbocycles. The maximum Gasteiger partial charge on any atom is 0.243 e. The maximum atomic E-state index is 9.72. The molecule has 0 bridgehead atoms. The Morgan fingerprint density at radius 3 is 2.82 bits per heavy atom. The lowest BCUT2D eigenvalue weighted by Gasteiger charge is -2.24. The van der Waals surface area contributed by atoms with Crippen LogP contribution < -0.4 is 5.32 Å².